The van der Waals surface area contributed by atoms with Crippen LogP contribution in [0.4, 0.5) is 5.69 Å². The summed E-state index contributed by atoms with van der Waals surface area (Å²) in [4.78, 5) is 19.6. The van der Waals surface area contributed by atoms with Gasteiger partial charge < -0.3 is 14.6 Å². The van der Waals surface area contributed by atoms with Crippen molar-refractivity contribution in [3.05, 3.63) is 71.2 Å². The maximum atomic E-state index is 12.8. The minimum Gasteiger partial charge on any atom is -0.379 e. The van der Waals surface area contributed by atoms with E-state index < -0.39 is 0 Å². The molecule has 0 aliphatic carbocycles. The molecule has 156 valence electrons. The predicted molar refractivity (Wildman–Crippen MR) is 116 cm³/mol. The molecule has 1 fully saturated rings. The first-order valence-electron chi connectivity index (χ1n) is 9.88. The number of amides is 1. The average Bonchev–Trinajstić information content (AvgIpc) is 3.20. The van der Waals surface area contributed by atoms with Crippen LogP contribution in [0.15, 0.2) is 58.2 Å². The van der Waals surface area contributed by atoms with E-state index in [1.807, 2.05) is 25.1 Å². The van der Waals surface area contributed by atoms with Crippen molar-refractivity contribution in [2.75, 3.05) is 31.6 Å². The first-order valence-corrected chi connectivity index (χ1v) is 10.9. The maximum absolute atomic E-state index is 12.8. The second-order valence-corrected chi connectivity index (χ2v) is 8.08. The molecule has 0 unspecified atom stereocenters. The second kappa shape index (κ2) is 9.88. The number of nitrogens with zero attached hydrogens (tertiary/aromatic N) is 3. The summed E-state index contributed by atoms with van der Waals surface area (Å²) in [7, 11) is 0. The summed E-state index contributed by atoms with van der Waals surface area (Å²) in [6.07, 6.45) is 1.69. The van der Waals surface area contributed by atoms with Crippen molar-refractivity contribution in [3.8, 4) is 0 Å². The van der Waals surface area contributed by atoms with E-state index in [-0.39, 0.29) is 5.91 Å². The van der Waals surface area contributed by atoms with Crippen molar-refractivity contribution < 1.29 is 14.1 Å². The van der Waals surface area contributed by atoms with Crippen LogP contribution < -0.4 is 5.32 Å². The molecule has 1 amide bonds. The molecule has 7 nitrogen and oxygen atoms in total. The molecular weight excluding hydrogens is 400 g/mol. The van der Waals surface area contributed by atoms with Crippen molar-refractivity contribution >= 4 is 23.4 Å². The number of pyridine rings is 1. The van der Waals surface area contributed by atoms with Gasteiger partial charge in [0.1, 0.15) is 10.8 Å². The lowest BCUT2D eigenvalue weighted by Gasteiger charge is -2.26. The summed E-state index contributed by atoms with van der Waals surface area (Å²) in [6.45, 7) is 6.23. The van der Waals surface area contributed by atoms with Crippen LogP contribution in [0.1, 0.15) is 27.4 Å². The molecule has 3 heterocycles. The molecule has 0 spiro atoms. The third kappa shape index (κ3) is 5.47. The van der Waals surface area contributed by atoms with Gasteiger partial charge in [0.15, 0.2) is 0 Å². The number of ether oxygens (including phenoxy) is 1. The van der Waals surface area contributed by atoms with Gasteiger partial charge in [-0.05, 0) is 36.8 Å². The van der Waals surface area contributed by atoms with E-state index in [4.69, 9.17) is 9.26 Å². The number of carbonyl (C=O) groups is 1. The SMILES string of the molecule is Cc1cc(CSc2ncccc2C(=O)Nc2ccc(CN3CCOCC3)cc2)no1. The Morgan fingerprint density at radius 3 is 2.73 bits per heavy atom. The first-order chi connectivity index (χ1) is 14.7. The van der Waals surface area contributed by atoms with Crippen LogP contribution in [0, 0.1) is 6.92 Å². The molecule has 1 saturated heterocycles. The van der Waals surface area contributed by atoms with Gasteiger partial charge in [-0.15, -0.1) is 0 Å². The highest BCUT2D eigenvalue weighted by Crippen LogP contribution is 2.25. The van der Waals surface area contributed by atoms with E-state index in [1.165, 1.54) is 17.3 Å². The predicted octanol–water partition coefficient (Wildman–Crippen LogP) is 3.75. The van der Waals surface area contributed by atoms with Gasteiger partial charge in [0.2, 0.25) is 0 Å². The molecule has 1 N–H and O–H groups in total. The van der Waals surface area contributed by atoms with Crippen LogP contribution in [0.2, 0.25) is 0 Å². The monoisotopic (exact) mass is 424 g/mol. The van der Waals surface area contributed by atoms with Crippen molar-refractivity contribution in [2.45, 2.75) is 24.2 Å². The van der Waals surface area contributed by atoms with Gasteiger partial charge >= 0.3 is 0 Å². The molecule has 3 aromatic rings. The Hall–Kier alpha value is -2.68. The quantitative estimate of drug-likeness (QED) is 0.579. The zero-order valence-electron chi connectivity index (χ0n) is 16.8. The maximum Gasteiger partial charge on any atom is 0.258 e. The Kier molecular flexibility index (Phi) is 6.78. The lowest BCUT2D eigenvalue weighted by Crippen LogP contribution is -2.35. The first kappa shape index (κ1) is 20.6. The minimum absolute atomic E-state index is 0.178. The molecule has 0 radical (unpaired) electrons. The summed E-state index contributed by atoms with van der Waals surface area (Å²) >= 11 is 1.46. The van der Waals surface area contributed by atoms with Crippen molar-refractivity contribution in [3.63, 3.8) is 0 Å². The normalized spacial score (nSPS) is 14.6. The van der Waals surface area contributed by atoms with Crippen LogP contribution in [-0.2, 0) is 17.0 Å². The van der Waals surface area contributed by atoms with Crippen LogP contribution in [0.3, 0.4) is 0 Å². The van der Waals surface area contributed by atoms with E-state index in [0.717, 1.165) is 50.0 Å². The molecule has 30 heavy (non-hydrogen) atoms. The zero-order valence-corrected chi connectivity index (χ0v) is 17.7. The number of aryl methyl sites for hydroxylation is 1. The number of morpholine rings is 1. The average molecular weight is 425 g/mol. The molecule has 1 aliphatic rings. The standard InChI is InChI=1S/C22H24N4O3S/c1-16-13-19(25-29-16)15-30-22-20(3-2-8-23-22)21(27)24-18-6-4-17(5-7-18)14-26-9-11-28-12-10-26/h2-8,13H,9-12,14-15H2,1H3,(H,24,27). The highest BCUT2D eigenvalue weighted by molar-refractivity contribution is 7.98. The molecule has 1 aliphatic heterocycles. The molecule has 0 saturated carbocycles. The lowest BCUT2D eigenvalue weighted by molar-refractivity contribution is 0.0342. The third-order valence-electron chi connectivity index (χ3n) is 4.77. The van der Waals surface area contributed by atoms with Crippen LogP contribution in [-0.4, -0.2) is 47.3 Å². The van der Waals surface area contributed by atoms with E-state index >= 15 is 0 Å². The fourth-order valence-electron chi connectivity index (χ4n) is 3.22. The molecule has 8 heteroatoms. The van der Waals surface area contributed by atoms with Gasteiger partial charge in [-0.1, -0.05) is 29.1 Å². The topological polar surface area (TPSA) is 80.5 Å². The van der Waals surface area contributed by atoms with E-state index in [9.17, 15) is 4.79 Å². The van der Waals surface area contributed by atoms with Crippen LogP contribution in [0.5, 0.6) is 0 Å². The Balaban J connectivity index is 1.37. The summed E-state index contributed by atoms with van der Waals surface area (Å²) in [5.41, 5.74) is 3.35. The van der Waals surface area contributed by atoms with Crippen LogP contribution in [0.25, 0.3) is 0 Å². The number of thioether (sulfide) groups is 1. The Labute approximate surface area is 179 Å². The van der Waals surface area contributed by atoms with Gasteiger partial charge in [0.25, 0.3) is 5.91 Å². The van der Waals surface area contributed by atoms with Gasteiger partial charge in [0, 0.05) is 43.3 Å². The van der Waals surface area contributed by atoms with Gasteiger partial charge in [-0.2, -0.15) is 0 Å². The van der Waals surface area contributed by atoms with Crippen LogP contribution >= 0.6 is 11.8 Å². The highest BCUT2D eigenvalue weighted by atomic mass is 32.2. The molecule has 1 aromatic carbocycles. The fourth-order valence-corrected chi connectivity index (χ4v) is 4.09. The van der Waals surface area contributed by atoms with E-state index in [2.05, 4.69) is 32.5 Å². The van der Waals surface area contributed by atoms with Gasteiger partial charge in [-0.25, -0.2) is 4.98 Å². The minimum atomic E-state index is -0.178. The smallest absolute Gasteiger partial charge is 0.258 e. The summed E-state index contributed by atoms with van der Waals surface area (Å²) in [5.74, 6) is 1.18. The largest absolute Gasteiger partial charge is 0.379 e. The van der Waals surface area contributed by atoms with Crippen molar-refractivity contribution in [1.82, 2.24) is 15.0 Å². The Morgan fingerprint density at radius 2 is 2.00 bits per heavy atom. The molecule has 0 bridgehead atoms. The summed E-state index contributed by atoms with van der Waals surface area (Å²) < 4.78 is 10.5. The molecule has 2 aromatic heterocycles. The van der Waals surface area contributed by atoms with Crippen molar-refractivity contribution in [2.24, 2.45) is 0 Å². The molecular formula is C22H24N4O3S. The number of hydrogen-bond acceptors (Lipinski definition) is 7. The number of nitrogens with one attached hydrogen (secondary N) is 1. The number of hydrogen-bond donors (Lipinski definition) is 1. The number of carbonyl (C=O) groups excluding carboxylic acids is 1. The summed E-state index contributed by atoms with van der Waals surface area (Å²) in [6, 6.07) is 13.4. The fraction of sp³-hybridized carbons (Fsp3) is 0.318. The summed E-state index contributed by atoms with van der Waals surface area (Å²) in [5, 5.41) is 7.63. The Bertz CT molecular complexity index is 984. The number of anilines is 1. The molecule has 0 atom stereocenters. The number of rotatable bonds is 7. The number of aromatic nitrogens is 2. The highest BCUT2D eigenvalue weighted by Gasteiger charge is 2.15. The van der Waals surface area contributed by atoms with Crippen molar-refractivity contribution in [1.29, 1.82) is 0 Å². The number of benzene rings is 1. The van der Waals surface area contributed by atoms with E-state index in [1.54, 1.807) is 18.3 Å². The third-order valence-corrected chi connectivity index (χ3v) is 5.81. The zero-order chi connectivity index (χ0) is 20.8. The lowest BCUT2D eigenvalue weighted by atomic mass is 10.2. The molecule has 4 rings (SSSR count). The van der Waals surface area contributed by atoms with Gasteiger partial charge in [-0.3, -0.25) is 9.69 Å². The Morgan fingerprint density at radius 1 is 1.20 bits per heavy atom. The van der Waals surface area contributed by atoms with E-state index in [0.29, 0.717) is 16.3 Å². The van der Waals surface area contributed by atoms with Gasteiger partial charge in [0.05, 0.1) is 24.5 Å². The second-order valence-electron chi connectivity index (χ2n) is 7.11.